The van der Waals surface area contributed by atoms with E-state index < -0.39 is 21.4 Å². The molecule has 1 aromatic heterocycles. The van der Waals surface area contributed by atoms with E-state index in [1.807, 2.05) is 25.5 Å². The second-order valence-corrected chi connectivity index (χ2v) is 14.9. The molecule has 2 aromatic rings. The van der Waals surface area contributed by atoms with Crippen molar-refractivity contribution in [2.75, 3.05) is 52.5 Å². The molecule has 1 aromatic carbocycles. The number of esters is 1. The molecule has 4 heterocycles. The first-order valence-corrected chi connectivity index (χ1v) is 16.8. The summed E-state index contributed by atoms with van der Waals surface area (Å²) in [5.41, 5.74) is 2.04. The number of aromatic nitrogens is 2. The molecule has 0 saturated carbocycles. The van der Waals surface area contributed by atoms with Crippen molar-refractivity contribution in [2.24, 2.45) is 10.8 Å². The van der Waals surface area contributed by atoms with Gasteiger partial charge in [0.05, 0.1) is 34.0 Å². The topological polar surface area (TPSA) is 140 Å². The van der Waals surface area contributed by atoms with Gasteiger partial charge in [-0.3, -0.25) is 14.3 Å². The van der Waals surface area contributed by atoms with Gasteiger partial charge in [0.15, 0.2) is 0 Å². The molecule has 3 aliphatic heterocycles. The highest BCUT2D eigenvalue weighted by Crippen LogP contribution is 2.38. The van der Waals surface area contributed by atoms with Gasteiger partial charge < -0.3 is 19.7 Å². The van der Waals surface area contributed by atoms with Crippen molar-refractivity contribution in [2.45, 2.75) is 64.8 Å². The van der Waals surface area contributed by atoms with Crippen LogP contribution in [0.25, 0.3) is 0 Å². The van der Waals surface area contributed by atoms with Crippen LogP contribution < -0.4 is 5.32 Å². The number of carbonyl (C=O) groups is 3. The Morgan fingerprint density at radius 2 is 1.75 bits per heavy atom. The van der Waals surface area contributed by atoms with Gasteiger partial charge in [-0.15, -0.1) is 0 Å². The first-order chi connectivity index (χ1) is 20.8. The van der Waals surface area contributed by atoms with Gasteiger partial charge in [-0.1, -0.05) is 20.8 Å². The quantitative estimate of drug-likeness (QED) is 0.439. The highest BCUT2D eigenvalue weighted by atomic mass is 32.2. The van der Waals surface area contributed by atoms with E-state index in [-0.39, 0.29) is 47.4 Å². The molecule has 0 radical (unpaired) electrons. The van der Waals surface area contributed by atoms with Crippen LogP contribution in [0.5, 0.6) is 0 Å². The van der Waals surface area contributed by atoms with Crippen molar-refractivity contribution in [1.82, 2.24) is 24.3 Å². The molecule has 0 atom stereocenters. The lowest BCUT2D eigenvalue weighted by Crippen LogP contribution is -2.49. The summed E-state index contributed by atoms with van der Waals surface area (Å²) < 4.78 is 40.8. The smallest absolute Gasteiger partial charge is 0.338 e. The zero-order chi connectivity index (χ0) is 31.7. The molecule has 0 unspecified atom stereocenters. The van der Waals surface area contributed by atoms with Gasteiger partial charge in [0.25, 0.3) is 5.91 Å². The summed E-state index contributed by atoms with van der Waals surface area (Å²) in [4.78, 5) is 39.4. The zero-order valence-corrected chi connectivity index (χ0v) is 26.9. The fourth-order valence-electron chi connectivity index (χ4n) is 6.25. The molecule has 0 bridgehead atoms. The number of carbonyl (C=O) groups excluding carboxylic acids is 3. The Morgan fingerprint density at radius 3 is 2.36 bits per heavy atom. The second kappa shape index (κ2) is 12.6. The molecule has 44 heavy (non-hydrogen) atoms. The molecule has 2 saturated heterocycles. The van der Waals surface area contributed by atoms with E-state index >= 15 is 0 Å². The number of aryl methyl sites for hydroxylation is 1. The third-order valence-corrected chi connectivity index (χ3v) is 10.9. The Morgan fingerprint density at radius 1 is 1.09 bits per heavy atom. The standard InChI is InChI=1S/C31H43N5O7S/c1-5-25-27-26(18-31(19-32-28(27)38)10-16-42-17-11-31)36(33-25)20-30(3,4)21-43-29(39)23-6-8-24(9-7-23)44(40,41)35-14-12-34(13-15-35)22(2)37/h6-9H,5,10-21H2,1-4H3,(H,32,38). The maximum atomic E-state index is 13.2. The molecule has 3 aliphatic rings. The lowest BCUT2D eigenvalue weighted by atomic mass is 9.76. The minimum absolute atomic E-state index is 0.0683. The normalized spacial score (nSPS) is 19.3. The summed E-state index contributed by atoms with van der Waals surface area (Å²) >= 11 is 0. The monoisotopic (exact) mass is 629 g/mol. The maximum absolute atomic E-state index is 13.2. The predicted octanol–water partition coefficient (Wildman–Crippen LogP) is 2.26. The molecule has 5 rings (SSSR count). The molecule has 1 N–H and O–H groups in total. The van der Waals surface area contributed by atoms with E-state index in [2.05, 4.69) is 5.32 Å². The van der Waals surface area contributed by atoms with Crippen LogP contribution in [0.3, 0.4) is 0 Å². The molecule has 2 amide bonds. The van der Waals surface area contributed by atoms with Crippen LogP contribution >= 0.6 is 0 Å². The molecule has 12 nitrogen and oxygen atoms in total. The van der Waals surface area contributed by atoms with Crippen LogP contribution in [0.2, 0.25) is 0 Å². The summed E-state index contributed by atoms with van der Waals surface area (Å²) in [6, 6.07) is 5.75. The molecular formula is C31H43N5O7S. The van der Waals surface area contributed by atoms with Crippen LogP contribution in [-0.2, 0) is 43.7 Å². The summed E-state index contributed by atoms with van der Waals surface area (Å²) in [6.45, 7) is 11.1. The number of sulfonamides is 1. The minimum Gasteiger partial charge on any atom is -0.461 e. The number of hydrogen-bond donors (Lipinski definition) is 1. The van der Waals surface area contributed by atoms with Gasteiger partial charge in [0, 0.05) is 64.8 Å². The van der Waals surface area contributed by atoms with E-state index in [0.717, 1.165) is 30.7 Å². The number of ether oxygens (including phenoxy) is 2. The number of fused-ring (bicyclic) bond motifs is 1. The molecular weight excluding hydrogens is 586 g/mol. The maximum Gasteiger partial charge on any atom is 0.338 e. The summed E-state index contributed by atoms with van der Waals surface area (Å²) in [6.07, 6.45) is 3.11. The summed E-state index contributed by atoms with van der Waals surface area (Å²) in [7, 11) is -3.75. The van der Waals surface area contributed by atoms with Crippen LogP contribution in [-0.4, -0.2) is 97.7 Å². The van der Waals surface area contributed by atoms with Gasteiger partial charge in [0.1, 0.15) is 0 Å². The van der Waals surface area contributed by atoms with Crippen LogP contribution in [0.15, 0.2) is 29.2 Å². The van der Waals surface area contributed by atoms with Crippen molar-refractivity contribution in [3.05, 3.63) is 46.8 Å². The Balaban J connectivity index is 1.24. The van der Waals surface area contributed by atoms with E-state index in [9.17, 15) is 22.8 Å². The van der Waals surface area contributed by atoms with Crippen LogP contribution in [0, 0.1) is 10.8 Å². The molecule has 0 aliphatic carbocycles. The SMILES string of the molecule is CCc1nn(CC(C)(C)COC(=O)c2ccc(S(=O)(=O)N3CCN(C(C)=O)CC3)cc2)c2c1C(=O)NCC1(CCOCC1)C2. The predicted molar refractivity (Wildman–Crippen MR) is 162 cm³/mol. The van der Waals surface area contributed by atoms with Gasteiger partial charge >= 0.3 is 5.97 Å². The lowest BCUT2D eigenvalue weighted by Gasteiger charge is -2.36. The average Bonchev–Trinajstić information content (AvgIpc) is 3.27. The van der Waals surface area contributed by atoms with Gasteiger partial charge in [-0.05, 0) is 55.4 Å². The fourth-order valence-corrected chi connectivity index (χ4v) is 7.68. The van der Waals surface area contributed by atoms with Crippen molar-refractivity contribution >= 4 is 27.8 Å². The van der Waals surface area contributed by atoms with Crippen molar-refractivity contribution < 1.29 is 32.3 Å². The van der Waals surface area contributed by atoms with E-state index in [4.69, 9.17) is 14.6 Å². The van der Waals surface area contributed by atoms with Gasteiger partial charge in [0.2, 0.25) is 15.9 Å². The van der Waals surface area contributed by atoms with E-state index in [1.165, 1.54) is 35.5 Å². The third kappa shape index (κ3) is 6.69. The van der Waals surface area contributed by atoms with E-state index in [1.54, 1.807) is 4.90 Å². The highest BCUT2D eigenvalue weighted by molar-refractivity contribution is 7.89. The molecule has 13 heteroatoms. The first-order valence-electron chi connectivity index (χ1n) is 15.3. The summed E-state index contributed by atoms with van der Waals surface area (Å²) in [5.74, 6) is -0.709. The number of rotatable bonds is 8. The molecule has 1 spiro atoms. The van der Waals surface area contributed by atoms with Crippen molar-refractivity contribution in [1.29, 1.82) is 0 Å². The Hall–Kier alpha value is -3.29. The van der Waals surface area contributed by atoms with Crippen LogP contribution in [0.1, 0.15) is 72.6 Å². The number of benzene rings is 1. The summed E-state index contributed by atoms with van der Waals surface area (Å²) in [5, 5.41) is 7.97. The Kier molecular flexibility index (Phi) is 9.20. The fraction of sp³-hybridized carbons (Fsp3) is 0.613. The van der Waals surface area contributed by atoms with E-state index in [0.29, 0.717) is 51.4 Å². The zero-order valence-electron chi connectivity index (χ0n) is 26.1. The Labute approximate surface area is 259 Å². The Bertz CT molecular complexity index is 1500. The lowest BCUT2D eigenvalue weighted by molar-refractivity contribution is -0.129. The van der Waals surface area contributed by atoms with Crippen molar-refractivity contribution in [3.63, 3.8) is 0 Å². The average molecular weight is 630 g/mol. The number of piperazine rings is 1. The largest absolute Gasteiger partial charge is 0.461 e. The number of amides is 2. The molecule has 240 valence electrons. The van der Waals surface area contributed by atoms with Crippen LogP contribution in [0.4, 0.5) is 0 Å². The van der Waals surface area contributed by atoms with Crippen molar-refractivity contribution in [3.8, 4) is 0 Å². The number of nitrogens with zero attached hydrogens (tertiary/aromatic N) is 4. The second-order valence-electron chi connectivity index (χ2n) is 12.9. The number of nitrogens with one attached hydrogen (secondary N) is 1. The van der Waals surface area contributed by atoms with Gasteiger partial charge in [-0.2, -0.15) is 9.40 Å². The number of hydrogen-bond acceptors (Lipinski definition) is 8. The first kappa shape index (κ1) is 32.1. The van der Waals surface area contributed by atoms with Gasteiger partial charge in [-0.25, -0.2) is 13.2 Å². The minimum atomic E-state index is -3.75. The molecule has 2 fully saturated rings. The third-order valence-electron chi connectivity index (χ3n) is 9.00. The highest BCUT2D eigenvalue weighted by Gasteiger charge is 2.40.